The second-order valence-electron chi connectivity index (χ2n) is 5.56. The highest BCUT2D eigenvalue weighted by molar-refractivity contribution is 5.35. The van der Waals surface area contributed by atoms with Crippen molar-refractivity contribution in [2.45, 2.75) is 53.4 Å². The second kappa shape index (κ2) is 9.82. The molecule has 0 unspecified atom stereocenters. The molecular weight excluding hydrogens is 246 g/mol. The van der Waals surface area contributed by atoms with Gasteiger partial charge in [-0.1, -0.05) is 38.8 Å². The molecule has 1 aromatic rings. The van der Waals surface area contributed by atoms with Gasteiger partial charge in [0.2, 0.25) is 0 Å². The third kappa shape index (κ3) is 6.42. The van der Waals surface area contributed by atoms with Crippen LogP contribution in [0.15, 0.2) is 18.2 Å². The lowest BCUT2D eigenvalue weighted by Gasteiger charge is -2.17. The second-order valence-corrected chi connectivity index (χ2v) is 5.56. The maximum Gasteiger partial charge on any atom is 0.122 e. The van der Waals surface area contributed by atoms with Crippen molar-refractivity contribution in [1.82, 2.24) is 4.90 Å². The van der Waals surface area contributed by atoms with Crippen LogP contribution < -0.4 is 4.74 Å². The van der Waals surface area contributed by atoms with E-state index in [-0.39, 0.29) is 0 Å². The molecule has 1 aromatic carbocycles. The minimum Gasteiger partial charge on any atom is -0.493 e. The molecule has 0 saturated carbocycles. The van der Waals surface area contributed by atoms with Gasteiger partial charge in [0.25, 0.3) is 0 Å². The average molecular weight is 277 g/mol. The van der Waals surface area contributed by atoms with Gasteiger partial charge < -0.3 is 9.64 Å². The number of hydrogen-bond donors (Lipinski definition) is 0. The number of nitrogens with zero attached hydrogens (tertiary/aromatic N) is 1. The Balaban J connectivity index is 2.09. The number of rotatable bonds is 10. The largest absolute Gasteiger partial charge is 0.493 e. The first kappa shape index (κ1) is 17.0. The van der Waals surface area contributed by atoms with Gasteiger partial charge in [0.1, 0.15) is 5.75 Å². The maximum atomic E-state index is 5.88. The smallest absolute Gasteiger partial charge is 0.122 e. The standard InChI is InChI=1S/C18H31NO/c1-5-19(6-2)13-9-7-8-10-14-20-18-15-16(3)11-12-17(18)4/h11-12,15H,5-10,13-14H2,1-4H3. The molecule has 0 atom stereocenters. The molecule has 0 aliphatic heterocycles. The number of unbranched alkanes of at least 4 members (excludes halogenated alkanes) is 3. The lowest BCUT2D eigenvalue weighted by atomic mass is 10.1. The molecule has 0 spiro atoms. The molecule has 0 heterocycles. The summed E-state index contributed by atoms with van der Waals surface area (Å²) in [6, 6.07) is 6.40. The summed E-state index contributed by atoms with van der Waals surface area (Å²) < 4.78 is 5.88. The van der Waals surface area contributed by atoms with Crippen molar-refractivity contribution in [3.05, 3.63) is 29.3 Å². The fourth-order valence-corrected chi connectivity index (χ4v) is 2.38. The Morgan fingerprint density at radius 3 is 2.35 bits per heavy atom. The molecule has 0 aliphatic rings. The molecule has 0 saturated heterocycles. The van der Waals surface area contributed by atoms with Gasteiger partial charge in [0.15, 0.2) is 0 Å². The van der Waals surface area contributed by atoms with E-state index < -0.39 is 0 Å². The van der Waals surface area contributed by atoms with Crippen LogP contribution in [0.2, 0.25) is 0 Å². The molecule has 2 nitrogen and oxygen atoms in total. The zero-order valence-corrected chi connectivity index (χ0v) is 13.7. The van der Waals surface area contributed by atoms with Crippen LogP contribution in [-0.4, -0.2) is 31.1 Å². The molecular formula is C18H31NO. The van der Waals surface area contributed by atoms with E-state index in [2.05, 4.69) is 50.8 Å². The van der Waals surface area contributed by atoms with Crippen molar-refractivity contribution in [2.75, 3.05) is 26.2 Å². The van der Waals surface area contributed by atoms with Crippen LogP contribution in [0.1, 0.15) is 50.7 Å². The number of aryl methyl sites for hydroxylation is 2. The van der Waals surface area contributed by atoms with Gasteiger partial charge in [-0.3, -0.25) is 0 Å². The number of ether oxygens (including phenoxy) is 1. The summed E-state index contributed by atoms with van der Waals surface area (Å²) >= 11 is 0. The van der Waals surface area contributed by atoms with Crippen LogP contribution in [0, 0.1) is 13.8 Å². The summed E-state index contributed by atoms with van der Waals surface area (Å²) in [5.41, 5.74) is 2.50. The third-order valence-corrected chi connectivity index (χ3v) is 3.86. The lowest BCUT2D eigenvalue weighted by Crippen LogP contribution is -2.23. The van der Waals surface area contributed by atoms with E-state index in [1.807, 2.05) is 0 Å². The monoisotopic (exact) mass is 277 g/mol. The zero-order valence-electron chi connectivity index (χ0n) is 13.7. The molecule has 0 amide bonds. The van der Waals surface area contributed by atoms with Crippen molar-refractivity contribution in [1.29, 1.82) is 0 Å². The van der Waals surface area contributed by atoms with Crippen molar-refractivity contribution >= 4 is 0 Å². The van der Waals surface area contributed by atoms with Gasteiger partial charge in [0, 0.05) is 0 Å². The van der Waals surface area contributed by atoms with E-state index in [4.69, 9.17) is 4.74 Å². The predicted molar refractivity (Wildman–Crippen MR) is 87.7 cm³/mol. The minimum absolute atomic E-state index is 0.843. The first-order chi connectivity index (χ1) is 9.67. The molecule has 1 rings (SSSR count). The highest BCUT2D eigenvalue weighted by atomic mass is 16.5. The first-order valence-electron chi connectivity index (χ1n) is 8.09. The fourth-order valence-electron chi connectivity index (χ4n) is 2.38. The van der Waals surface area contributed by atoms with Gasteiger partial charge in [-0.25, -0.2) is 0 Å². The molecule has 20 heavy (non-hydrogen) atoms. The minimum atomic E-state index is 0.843. The summed E-state index contributed by atoms with van der Waals surface area (Å²) in [6.45, 7) is 13.1. The highest BCUT2D eigenvalue weighted by Gasteiger charge is 2.00. The lowest BCUT2D eigenvalue weighted by molar-refractivity contribution is 0.284. The van der Waals surface area contributed by atoms with E-state index in [0.717, 1.165) is 18.8 Å². The molecule has 114 valence electrons. The van der Waals surface area contributed by atoms with Crippen LogP contribution in [0.4, 0.5) is 0 Å². The molecule has 2 heteroatoms. The molecule has 0 bridgehead atoms. The average Bonchev–Trinajstić information content (AvgIpc) is 2.45. The quantitative estimate of drug-likeness (QED) is 0.580. The molecule has 0 N–H and O–H groups in total. The maximum absolute atomic E-state index is 5.88. The molecule has 0 fully saturated rings. The Hall–Kier alpha value is -1.02. The van der Waals surface area contributed by atoms with Crippen LogP contribution in [0.25, 0.3) is 0 Å². The highest BCUT2D eigenvalue weighted by Crippen LogP contribution is 2.19. The van der Waals surface area contributed by atoms with Crippen molar-refractivity contribution in [2.24, 2.45) is 0 Å². The zero-order chi connectivity index (χ0) is 14.8. The Kier molecular flexibility index (Phi) is 8.36. The normalized spacial score (nSPS) is 11.1. The van der Waals surface area contributed by atoms with Crippen molar-refractivity contribution in [3.63, 3.8) is 0 Å². The topological polar surface area (TPSA) is 12.5 Å². The Labute approximate surface area is 125 Å². The van der Waals surface area contributed by atoms with Crippen LogP contribution in [-0.2, 0) is 0 Å². The summed E-state index contributed by atoms with van der Waals surface area (Å²) in [4.78, 5) is 2.49. The van der Waals surface area contributed by atoms with E-state index in [1.54, 1.807) is 0 Å². The van der Waals surface area contributed by atoms with Crippen molar-refractivity contribution < 1.29 is 4.74 Å². The van der Waals surface area contributed by atoms with Crippen molar-refractivity contribution in [3.8, 4) is 5.75 Å². The van der Waals surface area contributed by atoms with Gasteiger partial charge in [0.05, 0.1) is 6.61 Å². The number of hydrogen-bond acceptors (Lipinski definition) is 2. The van der Waals surface area contributed by atoms with E-state index in [1.165, 1.54) is 50.0 Å². The SMILES string of the molecule is CCN(CC)CCCCCCOc1cc(C)ccc1C. The van der Waals surface area contributed by atoms with Gasteiger partial charge in [-0.15, -0.1) is 0 Å². The Morgan fingerprint density at radius 2 is 1.65 bits per heavy atom. The van der Waals surface area contributed by atoms with Gasteiger partial charge in [-0.2, -0.15) is 0 Å². The molecule has 0 radical (unpaired) electrons. The number of benzene rings is 1. The summed E-state index contributed by atoms with van der Waals surface area (Å²) in [5, 5.41) is 0. The molecule has 0 aromatic heterocycles. The van der Waals surface area contributed by atoms with E-state index >= 15 is 0 Å². The predicted octanol–water partition coefficient (Wildman–Crippen LogP) is 4.58. The molecule has 0 aliphatic carbocycles. The van der Waals surface area contributed by atoms with Gasteiger partial charge >= 0.3 is 0 Å². The third-order valence-electron chi connectivity index (χ3n) is 3.86. The summed E-state index contributed by atoms with van der Waals surface area (Å²) in [6.07, 6.45) is 5.05. The summed E-state index contributed by atoms with van der Waals surface area (Å²) in [5.74, 6) is 1.05. The van der Waals surface area contributed by atoms with E-state index in [0.29, 0.717) is 0 Å². The van der Waals surface area contributed by atoms with Gasteiger partial charge in [-0.05, 0) is 63.5 Å². The van der Waals surface area contributed by atoms with E-state index in [9.17, 15) is 0 Å². The Morgan fingerprint density at radius 1 is 0.950 bits per heavy atom. The van der Waals surface area contributed by atoms with Crippen LogP contribution >= 0.6 is 0 Å². The first-order valence-corrected chi connectivity index (χ1v) is 8.09. The summed E-state index contributed by atoms with van der Waals surface area (Å²) in [7, 11) is 0. The Bertz CT molecular complexity index is 372. The van der Waals surface area contributed by atoms with Crippen LogP contribution in [0.3, 0.4) is 0 Å². The fraction of sp³-hybridized carbons (Fsp3) is 0.667. The van der Waals surface area contributed by atoms with Crippen LogP contribution in [0.5, 0.6) is 5.75 Å².